The maximum atomic E-state index is 12.8. The molecule has 0 spiro atoms. The van der Waals surface area contributed by atoms with E-state index in [1.165, 1.54) is 6.33 Å². The minimum atomic E-state index is -4.09. The van der Waals surface area contributed by atoms with Gasteiger partial charge in [0.05, 0.1) is 6.54 Å². The van der Waals surface area contributed by atoms with Crippen molar-refractivity contribution in [2.24, 2.45) is 0 Å². The number of rotatable bonds is 7. The Hall–Kier alpha value is -1.60. The van der Waals surface area contributed by atoms with Gasteiger partial charge in [-0.1, -0.05) is 6.92 Å². The third kappa shape index (κ3) is 4.22. The molecule has 19 heavy (non-hydrogen) atoms. The molecule has 0 saturated carbocycles. The van der Waals surface area contributed by atoms with E-state index in [1.807, 2.05) is 6.92 Å². The molecule has 108 valence electrons. The molecule has 0 aliphatic carbocycles. The van der Waals surface area contributed by atoms with Crippen LogP contribution in [0.15, 0.2) is 6.33 Å². The molecule has 0 radical (unpaired) electrons. The van der Waals surface area contributed by atoms with E-state index < -0.39 is 18.9 Å². The second kappa shape index (κ2) is 6.53. The molecule has 0 aliphatic heterocycles. The normalized spacial score (nSPS) is 11.7. The molecule has 0 unspecified atom stereocenters. The van der Waals surface area contributed by atoms with Gasteiger partial charge in [-0.05, 0) is 13.3 Å². The van der Waals surface area contributed by atoms with E-state index in [4.69, 9.17) is 0 Å². The lowest BCUT2D eigenvalue weighted by atomic mass is 10.3. The number of aromatic nitrogens is 2. The number of nitrogens with one attached hydrogen (secondary N) is 2. The second-order valence-electron chi connectivity index (χ2n) is 4.04. The summed E-state index contributed by atoms with van der Waals surface area (Å²) in [6.07, 6.45) is -1.65. The van der Waals surface area contributed by atoms with Crippen LogP contribution in [-0.2, 0) is 0 Å². The topological polar surface area (TPSA) is 49.8 Å². The first kappa shape index (κ1) is 15.5. The average molecular weight is 280 g/mol. The molecule has 1 aromatic heterocycles. The zero-order chi connectivity index (χ0) is 14.5. The summed E-state index contributed by atoms with van der Waals surface area (Å²) in [7, 11) is 0. The molecule has 1 rings (SSSR count). The zero-order valence-electron chi connectivity index (χ0n) is 10.7. The maximum absolute atomic E-state index is 12.8. The molecule has 1 heterocycles. The summed E-state index contributed by atoms with van der Waals surface area (Å²) in [5.41, 5.74) is 0.515. The molecule has 2 N–H and O–H groups in total. The van der Waals surface area contributed by atoms with Crippen molar-refractivity contribution in [1.82, 2.24) is 9.97 Å². The van der Waals surface area contributed by atoms with Crippen molar-refractivity contribution >= 4 is 11.6 Å². The molecule has 0 bridgehead atoms. The summed E-state index contributed by atoms with van der Waals surface area (Å²) in [6.45, 7) is 3.09. The molecular formula is C11H16F4N4. The lowest BCUT2D eigenvalue weighted by molar-refractivity contribution is -0.117. The van der Waals surface area contributed by atoms with Crippen LogP contribution in [0.5, 0.6) is 0 Å². The largest absolute Gasteiger partial charge is 0.370 e. The number of nitrogens with zero attached hydrogens (tertiary/aromatic N) is 2. The van der Waals surface area contributed by atoms with Crippen LogP contribution in [0.25, 0.3) is 0 Å². The third-order valence-corrected chi connectivity index (χ3v) is 2.44. The van der Waals surface area contributed by atoms with Gasteiger partial charge in [-0.15, -0.1) is 0 Å². The van der Waals surface area contributed by atoms with Crippen LogP contribution in [0, 0.1) is 6.92 Å². The van der Waals surface area contributed by atoms with Crippen molar-refractivity contribution in [2.75, 3.05) is 23.7 Å². The number of anilines is 2. The van der Waals surface area contributed by atoms with Gasteiger partial charge in [-0.3, -0.25) is 0 Å². The van der Waals surface area contributed by atoms with Crippen molar-refractivity contribution in [1.29, 1.82) is 0 Å². The van der Waals surface area contributed by atoms with Gasteiger partial charge in [-0.25, -0.2) is 18.7 Å². The van der Waals surface area contributed by atoms with Crippen molar-refractivity contribution < 1.29 is 17.6 Å². The van der Waals surface area contributed by atoms with Gasteiger partial charge in [-0.2, -0.15) is 8.78 Å². The Bertz CT molecular complexity index is 412. The summed E-state index contributed by atoms with van der Waals surface area (Å²) in [5.74, 6) is -3.47. The Morgan fingerprint density at radius 3 is 2.32 bits per heavy atom. The summed E-state index contributed by atoms with van der Waals surface area (Å²) in [5, 5.41) is 5.23. The summed E-state index contributed by atoms with van der Waals surface area (Å²) >= 11 is 0. The van der Waals surface area contributed by atoms with Crippen LogP contribution in [0.3, 0.4) is 0 Å². The number of halogens is 4. The van der Waals surface area contributed by atoms with Gasteiger partial charge < -0.3 is 10.6 Å². The van der Waals surface area contributed by atoms with Crippen LogP contribution in [0.2, 0.25) is 0 Å². The number of hydrogen-bond acceptors (Lipinski definition) is 4. The predicted octanol–water partition coefficient (Wildman–Crippen LogP) is 2.92. The maximum Gasteiger partial charge on any atom is 0.324 e. The molecule has 1 aromatic rings. The zero-order valence-corrected chi connectivity index (χ0v) is 10.7. The van der Waals surface area contributed by atoms with Crippen molar-refractivity contribution in [3.8, 4) is 0 Å². The highest BCUT2D eigenvalue weighted by molar-refractivity contribution is 5.56. The van der Waals surface area contributed by atoms with E-state index in [2.05, 4.69) is 20.6 Å². The van der Waals surface area contributed by atoms with Gasteiger partial charge in [0.15, 0.2) is 0 Å². The predicted molar refractivity (Wildman–Crippen MR) is 65.0 cm³/mol. The number of hydrogen-bond donors (Lipinski definition) is 2. The first-order chi connectivity index (χ1) is 8.88. The van der Waals surface area contributed by atoms with E-state index in [0.29, 0.717) is 17.9 Å². The van der Waals surface area contributed by atoms with E-state index in [-0.39, 0.29) is 5.82 Å². The molecule has 0 fully saturated rings. The average Bonchev–Trinajstić information content (AvgIpc) is 2.36. The lowest BCUT2D eigenvalue weighted by Gasteiger charge is -2.17. The molecular weight excluding hydrogens is 264 g/mol. The van der Waals surface area contributed by atoms with Gasteiger partial charge in [0, 0.05) is 12.1 Å². The molecule has 0 atom stereocenters. The van der Waals surface area contributed by atoms with Crippen LogP contribution in [0.4, 0.5) is 29.2 Å². The van der Waals surface area contributed by atoms with Crippen molar-refractivity contribution in [3.63, 3.8) is 0 Å². The Morgan fingerprint density at radius 1 is 1.21 bits per heavy atom. The Kier molecular flexibility index (Phi) is 5.31. The minimum Gasteiger partial charge on any atom is -0.370 e. The fraction of sp³-hybridized carbons (Fsp3) is 0.636. The molecule has 0 amide bonds. The Balaban J connectivity index is 2.74. The molecule has 0 saturated heterocycles. The molecule has 4 nitrogen and oxygen atoms in total. The van der Waals surface area contributed by atoms with E-state index in [1.54, 1.807) is 6.92 Å². The third-order valence-electron chi connectivity index (χ3n) is 2.44. The lowest BCUT2D eigenvalue weighted by Crippen LogP contribution is -2.35. The molecule has 0 aromatic carbocycles. The first-order valence-corrected chi connectivity index (χ1v) is 5.83. The van der Waals surface area contributed by atoms with Crippen LogP contribution < -0.4 is 10.6 Å². The van der Waals surface area contributed by atoms with E-state index in [0.717, 1.165) is 6.42 Å². The standard InChI is InChI=1S/C11H16F4N4/c1-3-4-16-8-7(2)9(19-6-18-8)17-5-11(14,15)10(12)13/h6,10H,3-5H2,1-2H3,(H2,16,17,18,19). The molecule has 0 aliphatic rings. The fourth-order valence-electron chi connectivity index (χ4n) is 1.33. The highest BCUT2D eigenvalue weighted by Crippen LogP contribution is 2.24. The quantitative estimate of drug-likeness (QED) is 0.754. The smallest absolute Gasteiger partial charge is 0.324 e. The summed E-state index contributed by atoms with van der Waals surface area (Å²) in [6, 6.07) is 0. The first-order valence-electron chi connectivity index (χ1n) is 5.83. The fourth-order valence-corrected chi connectivity index (χ4v) is 1.33. The van der Waals surface area contributed by atoms with Crippen LogP contribution >= 0.6 is 0 Å². The SMILES string of the molecule is CCCNc1ncnc(NCC(F)(F)C(F)F)c1C. The van der Waals surface area contributed by atoms with Gasteiger partial charge >= 0.3 is 12.3 Å². The monoisotopic (exact) mass is 280 g/mol. The second-order valence-corrected chi connectivity index (χ2v) is 4.04. The van der Waals surface area contributed by atoms with Crippen LogP contribution in [0.1, 0.15) is 18.9 Å². The van der Waals surface area contributed by atoms with Gasteiger partial charge in [0.25, 0.3) is 0 Å². The Labute approximate surface area is 108 Å². The Morgan fingerprint density at radius 2 is 1.79 bits per heavy atom. The minimum absolute atomic E-state index is 0.119. The highest BCUT2D eigenvalue weighted by atomic mass is 19.3. The number of alkyl halides is 4. The van der Waals surface area contributed by atoms with E-state index in [9.17, 15) is 17.6 Å². The molecule has 8 heteroatoms. The summed E-state index contributed by atoms with van der Waals surface area (Å²) in [4.78, 5) is 7.73. The highest BCUT2D eigenvalue weighted by Gasteiger charge is 2.40. The van der Waals surface area contributed by atoms with Crippen molar-refractivity contribution in [3.05, 3.63) is 11.9 Å². The van der Waals surface area contributed by atoms with Crippen LogP contribution in [-0.4, -0.2) is 35.4 Å². The van der Waals surface area contributed by atoms with E-state index >= 15 is 0 Å². The van der Waals surface area contributed by atoms with Gasteiger partial charge in [0.2, 0.25) is 0 Å². The summed E-state index contributed by atoms with van der Waals surface area (Å²) < 4.78 is 49.6. The van der Waals surface area contributed by atoms with Gasteiger partial charge in [0.1, 0.15) is 18.0 Å². The van der Waals surface area contributed by atoms with Crippen molar-refractivity contribution in [2.45, 2.75) is 32.6 Å².